The fraction of sp³-hybridized carbons (Fsp3) is 0.194. The van der Waals surface area contributed by atoms with Crippen molar-refractivity contribution in [3.63, 3.8) is 0 Å². The molecule has 1 unspecified atom stereocenters. The minimum Gasteiger partial charge on any atom is -0.489 e. The van der Waals surface area contributed by atoms with E-state index in [1.807, 2.05) is 24.3 Å². The summed E-state index contributed by atoms with van der Waals surface area (Å²) in [6.07, 6.45) is -8.11. The molecule has 0 saturated carbocycles. The smallest absolute Gasteiger partial charge is 0.442 e. The molecule has 0 aliphatic carbocycles. The third-order valence-electron chi connectivity index (χ3n) is 7.12. The Morgan fingerprint density at radius 2 is 0.929 bits per heavy atom. The first kappa shape index (κ1) is 27.5. The molecule has 0 radical (unpaired) electrons. The lowest BCUT2D eigenvalue weighted by Crippen LogP contribution is -2.31. The van der Waals surface area contributed by atoms with Crippen LogP contribution in [0.25, 0.3) is 11.1 Å². The Balaban J connectivity index is 1.00. The Kier molecular flexibility index (Phi) is 6.55. The summed E-state index contributed by atoms with van der Waals surface area (Å²) in [5, 5.41) is 6.41. The molecule has 0 N–H and O–H groups in total. The summed E-state index contributed by atoms with van der Waals surface area (Å²) in [4.78, 5) is 3.45. The Hall–Kier alpha value is -4.67. The molecule has 4 aromatic carbocycles. The van der Waals surface area contributed by atoms with Crippen molar-refractivity contribution >= 4 is 6.21 Å². The van der Waals surface area contributed by atoms with Gasteiger partial charge in [0.25, 0.3) is 0 Å². The molecule has 0 saturated heterocycles. The normalized spacial score (nSPS) is 18.5. The van der Waals surface area contributed by atoms with Crippen molar-refractivity contribution in [2.24, 2.45) is 15.2 Å². The molecular formula is C31H21F6N3O2. The van der Waals surface area contributed by atoms with Crippen molar-refractivity contribution in [2.45, 2.75) is 36.8 Å². The van der Waals surface area contributed by atoms with E-state index in [-0.39, 0.29) is 24.3 Å². The highest BCUT2D eigenvalue weighted by atomic mass is 19.4. The molecule has 0 bridgehead atoms. The van der Waals surface area contributed by atoms with Crippen LogP contribution in [0.1, 0.15) is 22.3 Å². The molecule has 0 spiro atoms. The van der Waals surface area contributed by atoms with Crippen LogP contribution in [0.2, 0.25) is 0 Å². The zero-order valence-corrected chi connectivity index (χ0v) is 21.7. The highest BCUT2D eigenvalue weighted by Gasteiger charge is 2.65. The van der Waals surface area contributed by atoms with Gasteiger partial charge < -0.3 is 9.47 Å². The lowest BCUT2D eigenvalue weighted by Gasteiger charge is -2.18. The SMILES string of the molecule is FC(F)(F)C1(c2ccc(COc3ccc(-c4ccc(OCc5ccc(C6(C(F)(F)F)N=N6)cc5)cc4)cc3)cc2)C=N1. The van der Waals surface area contributed by atoms with E-state index in [1.165, 1.54) is 24.3 Å². The number of aliphatic imine (C=N–C) groups is 1. The lowest BCUT2D eigenvalue weighted by atomic mass is 9.96. The van der Waals surface area contributed by atoms with Crippen LogP contribution in [0.5, 0.6) is 11.5 Å². The first-order chi connectivity index (χ1) is 20.0. The Morgan fingerprint density at radius 3 is 1.26 bits per heavy atom. The van der Waals surface area contributed by atoms with Crippen molar-refractivity contribution in [3.05, 3.63) is 119 Å². The van der Waals surface area contributed by atoms with Gasteiger partial charge >= 0.3 is 18.0 Å². The zero-order chi connectivity index (χ0) is 29.6. The van der Waals surface area contributed by atoms with Crippen LogP contribution < -0.4 is 9.47 Å². The fourth-order valence-electron chi connectivity index (χ4n) is 4.48. The average Bonchev–Trinajstić information content (AvgIpc) is 3.90. The standard InChI is InChI=1S/C31H21F6N3O2/c32-30(33,34)28(19-38-28)24-9-1-20(2-10-24)17-41-26-13-5-22(6-14-26)23-7-15-27(16-8-23)42-18-21-3-11-25(12-4-21)29(39-40-29)31(35,36)37/h1-16,19H,17-18H2. The first-order valence-corrected chi connectivity index (χ1v) is 12.8. The maximum absolute atomic E-state index is 13.2. The minimum absolute atomic E-state index is 0.0278. The highest BCUT2D eigenvalue weighted by molar-refractivity contribution is 5.87. The largest absolute Gasteiger partial charge is 0.489 e. The molecular weight excluding hydrogens is 560 g/mol. The number of nitrogens with zero attached hydrogens (tertiary/aromatic N) is 3. The maximum atomic E-state index is 13.2. The van der Waals surface area contributed by atoms with E-state index < -0.39 is 23.6 Å². The molecule has 0 aromatic heterocycles. The Bertz CT molecular complexity index is 1490. The third-order valence-corrected chi connectivity index (χ3v) is 7.12. The van der Waals surface area contributed by atoms with Crippen LogP contribution in [0.15, 0.2) is 112 Å². The summed E-state index contributed by atoms with van der Waals surface area (Å²) in [5.41, 5.74) is -1.26. The molecule has 5 nitrogen and oxygen atoms in total. The van der Waals surface area contributed by atoms with Gasteiger partial charge in [0.1, 0.15) is 24.7 Å². The van der Waals surface area contributed by atoms with Gasteiger partial charge in [0.05, 0.1) is 0 Å². The molecule has 2 aliphatic rings. The van der Waals surface area contributed by atoms with Crippen molar-refractivity contribution in [1.29, 1.82) is 0 Å². The number of halogens is 6. The number of ether oxygens (including phenoxy) is 2. The van der Waals surface area contributed by atoms with Gasteiger partial charge in [0.15, 0.2) is 0 Å². The van der Waals surface area contributed by atoms with Gasteiger partial charge in [-0.05, 0) is 52.1 Å². The summed E-state index contributed by atoms with van der Waals surface area (Å²) in [6, 6.07) is 26.6. The predicted molar refractivity (Wildman–Crippen MR) is 142 cm³/mol. The van der Waals surface area contributed by atoms with Gasteiger partial charge in [-0.1, -0.05) is 72.8 Å². The van der Waals surface area contributed by atoms with Gasteiger partial charge in [-0.15, -0.1) is 10.2 Å². The molecule has 6 rings (SSSR count). The van der Waals surface area contributed by atoms with Gasteiger partial charge in [-0.3, -0.25) is 4.99 Å². The Labute approximate surface area is 236 Å². The van der Waals surface area contributed by atoms with Crippen molar-refractivity contribution < 1.29 is 35.8 Å². The van der Waals surface area contributed by atoms with E-state index in [9.17, 15) is 26.3 Å². The predicted octanol–water partition coefficient (Wildman–Crippen LogP) is 8.53. The second-order valence-corrected chi connectivity index (χ2v) is 9.91. The van der Waals surface area contributed by atoms with Gasteiger partial charge in [-0.25, -0.2) is 0 Å². The van der Waals surface area contributed by atoms with E-state index in [2.05, 4.69) is 15.2 Å². The summed E-state index contributed by atoms with van der Waals surface area (Å²) in [6.45, 7) is 0.376. The van der Waals surface area contributed by atoms with Gasteiger partial charge in [0, 0.05) is 11.8 Å². The van der Waals surface area contributed by atoms with Gasteiger partial charge in [0.2, 0.25) is 5.54 Å². The van der Waals surface area contributed by atoms with Crippen LogP contribution in [-0.2, 0) is 24.4 Å². The van der Waals surface area contributed by atoms with Crippen LogP contribution in [0.4, 0.5) is 26.3 Å². The quantitative estimate of drug-likeness (QED) is 0.186. The van der Waals surface area contributed by atoms with Gasteiger partial charge in [-0.2, -0.15) is 26.3 Å². The number of hydrogen-bond acceptors (Lipinski definition) is 5. The molecule has 2 heterocycles. The minimum atomic E-state index is -4.56. The average molecular weight is 582 g/mol. The fourth-order valence-corrected chi connectivity index (χ4v) is 4.48. The summed E-state index contributed by atoms with van der Waals surface area (Å²) >= 11 is 0. The molecule has 11 heteroatoms. The van der Waals surface area contributed by atoms with E-state index >= 15 is 0 Å². The van der Waals surface area contributed by atoms with Crippen LogP contribution in [0, 0.1) is 0 Å². The molecule has 2 aliphatic heterocycles. The molecule has 42 heavy (non-hydrogen) atoms. The summed E-state index contributed by atoms with van der Waals surface area (Å²) in [7, 11) is 0. The van der Waals surface area contributed by atoms with E-state index in [4.69, 9.17) is 9.47 Å². The molecule has 4 aromatic rings. The first-order valence-electron chi connectivity index (χ1n) is 12.8. The van der Waals surface area contributed by atoms with E-state index in [0.717, 1.165) is 22.9 Å². The van der Waals surface area contributed by atoms with Crippen molar-refractivity contribution in [2.75, 3.05) is 0 Å². The van der Waals surface area contributed by atoms with E-state index in [0.29, 0.717) is 17.1 Å². The maximum Gasteiger partial charge on any atom is 0.442 e. The van der Waals surface area contributed by atoms with Crippen molar-refractivity contribution in [1.82, 2.24) is 0 Å². The molecule has 0 amide bonds. The lowest BCUT2D eigenvalue weighted by molar-refractivity contribution is -0.166. The molecule has 0 fully saturated rings. The number of alkyl halides is 6. The van der Waals surface area contributed by atoms with Crippen molar-refractivity contribution in [3.8, 4) is 22.6 Å². The zero-order valence-electron chi connectivity index (χ0n) is 21.7. The topological polar surface area (TPSA) is 55.5 Å². The molecule has 214 valence electrons. The monoisotopic (exact) mass is 581 g/mol. The number of benzene rings is 4. The second kappa shape index (κ2) is 10.0. The van der Waals surface area contributed by atoms with E-state index in [1.54, 1.807) is 48.5 Å². The van der Waals surface area contributed by atoms with Crippen LogP contribution in [-0.4, -0.2) is 18.6 Å². The second-order valence-electron chi connectivity index (χ2n) is 9.91. The summed E-state index contributed by atoms with van der Waals surface area (Å²) < 4.78 is 90.6. The van der Waals surface area contributed by atoms with Crippen LogP contribution >= 0.6 is 0 Å². The summed E-state index contributed by atoms with van der Waals surface area (Å²) in [5.74, 6) is 1.21. The number of rotatable bonds is 9. The van der Waals surface area contributed by atoms with Crippen LogP contribution in [0.3, 0.4) is 0 Å². The third kappa shape index (κ3) is 5.22. The Morgan fingerprint density at radius 1 is 0.524 bits per heavy atom. The number of hydrogen-bond donors (Lipinski definition) is 0. The molecule has 1 atom stereocenters. The highest BCUT2D eigenvalue weighted by Crippen LogP contribution is 2.52.